The van der Waals surface area contributed by atoms with Gasteiger partial charge in [-0.25, -0.2) is 0 Å². The lowest BCUT2D eigenvalue weighted by Crippen LogP contribution is -2.63. The second-order valence-electron chi connectivity index (χ2n) is 6.96. The van der Waals surface area contributed by atoms with Crippen LogP contribution in [0, 0.1) is 17.3 Å². The normalized spacial score (nSPS) is 48.9. The molecule has 18 heavy (non-hydrogen) atoms. The van der Waals surface area contributed by atoms with Gasteiger partial charge in [-0.15, -0.1) is 11.6 Å². The second-order valence-corrected chi connectivity index (χ2v) is 7.72. The summed E-state index contributed by atoms with van der Waals surface area (Å²) in [6, 6.07) is 0. The van der Waals surface area contributed by atoms with Crippen molar-refractivity contribution in [1.29, 1.82) is 0 Å². The number of methoxy groups -OCH3 is 1. The predicted octanol–water partition coefficient (Wildman–Crippen LogP) is 2.49. The van der Waals surface area contributed by atoms with Crippen LogP contribution in [0.15, 0.2) is 0 Å². The molecular formula is C14H21ClO3. The van der Waals surface area contributed by atoms with Gasteiger partial charge >= 0.3 is 5.97 Å². The van der Waals surface area contributed by atoms with Crippen LogP contribution < -0.4 is 0 Å². The molecular weight excluding hydrogens is 252 g/mol. The van der Waals surface area contributed by atoms with Crippen LogP contribution in [0.2, 0.25) is 0 Å². The van der Waals surface area contributed by atoms with Crippen molar-refractivity contribution in [3.05, 3.63) is 0 Å². The topological polar surface area (TPSA) is 46.5 Å². The van der Waals surface area contributed by atoms with Crippen molar-refractivity contribution < 1.29 is 14.6 Å². The van der Waals surface area contributed by atoms with Gasteiger partial charge in [-0.05, 0) is 57.3 Å². The molecule has 4 bridgehead atoms. The molecule has 4 fully saturated rings. The standard InChI is InChI=1S/C14H21ClO3/c1-12(15,11(16)18-2)13-4-9-3-10(5-13)7-14(17,6-9)8-13/h9-10,17H,3-8H2,1-2H3. The van der Waals surface area contributed by atoms with E-state index in [1.807, 2.05) is 0 Å². The number of rotatable bonds is 2. The predicted molar refractivity (Wildman–Crippen MR) is 68.3 cm³/mol. The van der Waals surface area contributed by atoms with Crippen molar-refractivity contribution in [2.24, 2.45) is 17.3 Å². The van der Waals surface area contributed by atoms with E-state index in [0.717, 1.165) is 25.7 Å². The molecule has 4 saturated carbocycles. The molecule has 0 amide bonds. The SMILES string of the molecule is COC(=O)C(C)(Cl)C12CC3CC(CC(O)(C3)C1)C2. The highest BCUT2D eigenvalue weighted by atomic mass is 35.5. The number of halogens is 1. The zero-order chi connectivity index (χ0) is 13.2. The summed E-state index contributed by atoms with van der Waals surface area (Å²) in [5.41, 5.74) is -0.866. The molecule has 3 atom stereocenters. The van der Waals surface area contributed by atoms with Gasteiger partial charge in [0.05, 0.1) is 12.7 Å². The Morgan fingerprint density at radius 3 is 2.33 bits per heavy atom. The highest BCUT2D eigenvalue weighted by Gasteiger charge is 2.65. The first-order valence-corrected chi connectivity index (χ1v) is 7.18. The van der Waals surface area contributed by atoms with E-state index in [0.29, 0.717) is 18.3 Å². The first kappa shape index (κ1) is 12.7. The summed E-state index contributed by atoms with van der Waals surface area (Å²) in [6.45, 7) is 1.77. The zero-order valence-electron chi connectivity index (χ0n) is 11.0. The first-order chi connectivity index (χ1) is 8.30. The molecule has 0 heterocycles. The van der Waals surface area contributed by atoms with E-state index in [1.54, 1.807) is 6.92 Å². The third-order valence-corrected chi connectivity index (χ3v) is 6.15. The monoisotopic (exact) mass is 272 g/mol. The Balaban J connectivity index is 1.98. The average molecular weight is 273 g/mol. The Morgan fingerprint density at radius 2 is 1.89 bits per heavy atom. The van der Waals surface area contributed by atoms with Crippen LogP contribution in [0.4, 0.5) is 0 Å². The molecule has 4 aliphatic rings. The van der Waals surface area contributed by atoms with E-state index in [4.69, 9.17) is 16.3 Å². The number of carbonyl (C=O) groups is 1. The molecule has 0 saturated heterocycles. The molecule has 102 valence electrons. The van der Waals surface area contributed by atoms with E-state index in [1.165, 1.54) is 13.5 Å². The Labute approximate surface area is 113 Å². The summed E-state index contributed by atoms with van der Waals surface area (Å²) in [7, 11) is 1.39. The maximum Gasteiger partial charge on any atom is 0.327 e. The van der Waals surface area contributed by atoms with E-state index >= 15 is 0 Å². The van der Waals surface area contributed by atoms with Crippen molar-refractivity contribution in [2.45, 2.75) is 55.9 Å². The summed E-state index contributed by atoms with van der Waals surface area (Å²) in [5, 5.41) is 10.7. The summed E-state index contributed by atoms with van der Waals surface area (Å²) >= 11 is 6.58. The van der Waals surface area contributed by atoms with Crippen molar-refractivity contribution in [2.75, 3.05) is 7.11 Å². The molecule has 0 spiro atoms. The lowest BCUT2D eigenvalue weighted by molar-refractivity contribution is -0.185. The third kappa shape index (κ3) is 1.56. The number of carbonyl (C=O) groups excluding carboxylic acids is 1. The Kier molecular flexibility index (Phi) is 2.57. The average Bonchev–Trinajstić information content (AvgIpc) is 2.24. The van der Waals surface area contributed by atoms with Crippen molar-refractivity contribution in [3.8, 4) is 0 Å². The quantitative estimate of drug-likeness (QED) is 0.621. The number of alkyl halides is 1. The molecule has 0 aliphatic heterocycles. The van der Waals surface area contributed by atoms with Crippen LogP contribution >= 0.6 is 11.6 Å². The van der Waals surface area contributed by atoms with Crippen LogP contribution in [0.5, 0.6) is 0 Å². The van der Waals surface area contributed by atoms with Crippen LogP contribution in [-0.4, -0.2) is 28.7 Å². The molecule has 4 rings (SSSR count). The minimum Gasteiger partial charge on any atom is -0.468 e. The zero-order valence-corrected chi connectivity index (χ0v) is 11.8. The molecule has 4 heteroatoms. The van der Waals surface area contributed by atoms with Gasteiger partial charge in [0.2, 0.25) is 0 Å². The smallest absolute Gasteiger partial charge is 0.327 e. The van der Waals surface area contributed by atoms with Gasteiger partial charge in [-0.1, -0.05) is 0 Å². The van der Waals surface area contributed by atoms with Crippen LogP contribution in [0.25, 0.3) is 0 Å². The number of ether oxygens (including phenoxy) is 1. The van der Waals surface area contributed by atoms with E-state index in [-0.39, 0.29) is 11.4 Å². The summed E-state index contributed by atoms with van der Waals surface area (Å²) in [6.07, 6.45) is 5.54. The molecule has 3 nitrogen and oxygen atoms in total. The lowest BCUT2D eigenvalue weighted by atomic mass is 9.45. The Bertz CT molecular complexity index is 377. The van der Waals surface area contributed by atoms with E-state index < -0.39 is 10.5 Å². The number of aliphatic hydroxyl groups is 1. The molecule has 1 N–H and O–H groups in total. The van der Waals surface area contributed by atoms with Crippen LogP contribution in [-0.2, 0) is 9.53 Å². The molecule has 0 aromatic carbocycles. The Morgan fingerprint density at radius 1 is 1.33 bits per heavy atom. The fourth-order valence-corrected chi connectivity index (χ4v) is 5.47. The van der Waals surface area contributed by atoms with E-state index in [2.05, 4.69) is 0 Å². The second kappa shape index (κ2) is 3.63. The minimum absolute atomic E-state index is 0.277. The fourth-order valence-electron chi connectivity index (χ4n) is 5.17. The molecule has 0 aromatic rings. The number of esters is 1. The number of hydrogen-bond acceptors (Lipinski definition) is 3. The van der Waals surface area contributed by atoms with Gasteiger partial charge < -0.3 is 9.84 Å². The van der Waals surface area contributed by atoms with Crippen LogP contribution in [0.1, 0.15) is 45.4 Å². The Hall–Kier alpha value is -0.280. The third-order valence-electron chi connectivity index (χ3n) is 5.59. The van der Waals surface area contributed by atoms with Crippen LogP contribution in [0.3, 0.4) is 0 Å². The molecule has 0 radical (unpaired) electrons. The summed E-state index contributed by atoms with van der Waals surface area (Å²) < 4.78 is 4.88. The largest absolute Gasteiger partial charge is 0.468 e. The summed E-state index contributed by atoms with van der Waals surface area (Å²) in [4.78, 5) is 11.0. The first-order valence-electron chi connectivity index (χ1n) is 6.80. The van der Waals surface area contributed by atoms with Crippen molar-refractivity contribution in [3.63, 3.8) is 0 Å². The van der Waals surface area contributed by atoms with Gasteiger partial charge in [0.25, 0.3) is 0 Å². The summed E-state index contributed by atoms with van der Waals surface area (Å²) in [5.74, 6) is 0.702. The van der Waals surface area contributed by atoms with Crippen molar-refractivity contribution in [1.82, 2.24) is 0 Å². The highest BCUT2D eigenvalue weighted by molar-refractivity contribution is 6.34. The molecule has 4 aliphatic carbocycles. The highest BCUT2D eigenvalue weighted by Crippen LogP contribution is 2.66. The van der Waals surface area contributed by atoms with Gasteiger partial charge in [-0.2, -0.15) is 0 Å². The van der Waals surface area contributed by atoms with Crippen molar-refractivity contribution >= 4 is 17.6 Å². The van der Waals surface area contributed by atoms with Gasteiger partial charge in [-0.3, -0.25) is 4.79 Å². The minimum atomic E-state index is -1.01. The number of hydrogen-bond donors (Lipinski definition) is 1. The maximum absolute atomic E-state index is 12.0. The molecule has 0 aromatic heterocycles. The fraction of sp³-hybridized carbons (Fsp3) is 0.929. The van der Waals surface area contributed by atoms with E-state index in [9.17, 15) is 9.90 Å². The molecule has 3 unspecified atom stereocenters. The maximum atomic E-state index is 12.0. The van der Waals surface area contributed by atoms with Gasteiger partial charge in [0, 0.05) is 5.41 Å². The lowest BCUT2D eigenvalue weighted by Gasteiger charge is -2.63. The van der Waals surface area contributed by atoms with Gasteiger partial charge in [0.1, 0.15) is 4.87 Å². The van der Waals surface area contributed by atoms with Gasteiger partial charge in [0.15, 0.2) is 0 Å².